The second kappa shape index (κ2) is 14.2. The monoisotopic (exact) mass is 565 g/mol. The van der Waals surface area contributed by atoms with Gasteiger partial charge in [0.15, 0.2) is 5.16 Å². The molecule has 210 valence electrons. The highest BCUT2D eigenvalue weighted by molar-refractivity contribution is 8.00. The van der Waals surface area contributed by atoms with Gasteiger partial charge in [-0.05, 0) is 47.2 Å². The van der Waals surface area contributed by atoms with Gasteiger partial charge in [0.05, 0.1) is 12.1 Å². The largest absolute Gasteiger partial charge is 0.390 e. The summed E-state index contributed by atoms with van der Waals surface area (Å²) in [5.41, 5.74) is 3.36. The van der Waals surface area contributed by atoms with Crippen molar-refractivity contribution < 1.29 is 18.7 Å². The highest BCUT2D eigenvalue weighted by Crippen LogP contribution is 2.34. The molecule has 0 aliphatic rings. The summed E-state index contributed by atoms with van der Waals surface area (Å²) in [7, 11) is 1.79. The molecule has 4 aromatic rings. The molecular weight excluding hydrogens is 532 g/mol. The minimum absolute atomic E-state index is 0.0325. The molecule has 4 rings (SSSR count). The summed E-state index contributed by atoms with van der Waals surface area (Å²) in [4.78, 5) is 13.7. The summed E-state index contributed by atoms with van der Waals surface area (Å²) in [6.07, 6.45) is 1.46. The molecule has 0 radical (unpaired) electrons. The summed E-state index contributed by atoms with van der Waals surface area (Å²) < 4.78 is 29.7. The number of nitrogens with one attached hydrogen (secondary N) is 2. The topological polar surface area (TPSA) is 92.1 Å². The molecule has 3 aromatic carbocycles. The van der Waals surface area contributed by atoms with Crippen LogP contribution in [0.1, 0.15) is 34.4 Å². The highest BCUT2D eigenvalue weighted by Gasteiger charge is 2.29. The van der Waals surface area contributed by atoms with E-state index in [1.54, 1.807) is 17.9 Å². The van der Waals surface area contributed by atoms with Crippen LogP contribution in [-0.4, -0.2) is 44.5 Å². The first-order valence-corrected chi connectivity index (χ1v) is 14.0. The Morgan fingerprint density at radius 3 is 2.40 bits per heavy atom. The molecule has 1 unspecified atom stereocenters. The van der Waals surface area contributed by atoms with E-state index in [1.807, 2.05) is 42.5 Å². The van der Waals surface area contributed by atoms with Gasteiger partial charge in [-0.25, -0.2) is 8.78 Å². The Morgan fingerprint density at radius 2 is 1.73 bits per heavy atom. The van der Waals surface area contributed by atoms with E-state index in [0.717, 1.165) is 23.6 Å². The number of hydrogen-bond acceptors (Lipinski definition) is 6. The summed E-state index contributed by atoms with van der Waals surface area (Å²) in [6, 6.07) is 19.8. The number of aliphatic hydroxyl groups excluding tert-OH is 1. The molecule has 40 heavy (non-hydrogen) atoms. The second-order valence-corrected chi connectivity index (χ2v) is 10.7. The first-order chi connectivity index (χ1) is 19.3. The van der Waals surface area contributed by atoms with Crippen LogP contribution in [0.3, 0.4) is 0 Å². The molecule has 0 aliphatic heterocycles. The van der Waals surface area contributed by atoms with E-state index in [4.69, 9.17) is 0 Å². The minimum Gasteiger partial charge on any atom is -0.390 e. The van der Waals surface area contributed by atoms with Crippen molar-refractivity contribution >= 4 is 17.7 Å². The molecule has 7 nitrogen and oxygen atoms in total. The first-order valence-electron chi connectivity index (χ1n) is 13.1. The second-order valence-electron chi connectivity index (χ2n) is 9.60. The molecule has 1 amide bonds. The number of benzene rings is 3. The van der Waals surface area contributed by atoms with Crippen LogP contribution >= 0.6 is 11.8 Å². The van der Waals surface area contributed by atoms with Gasteiger partial charge in [-0.15, -0.1) is 10.2 Å². The number of halogens is 2. The van der Waals surface area contributed by atoms with Crippen LogP contribution in [0.25, 0.3) is 0 Å². The lowest BCUT2D eigenvalue weighted by Crippen LogP contribution is -2.49. The maximum absolute atomic E-state index is 14.0. The van der Waals surface area contributed by atoms with Crippen molar-refractivity contribution in [3.8, 4) is 0 Å². The third-order valence-electron chi connectivity index (χ3n) is 6.49. The summed E-state index contributed by atoms with van der Waals surface area (Å²) in [5, 5.41) is 25.2. The Bertz CT molecular complexity index is 1380. The van der Waals surface area contributed by atoms with E-state index in [2.05, 4.69) is 39.9 Å². The lowest BCUT2D eigenvalue weighted by molar-refractivity contribution is -0.122. The summed E-state index contributed by atoms with van der Waals surface area (Å²) >= 11 is 1.23. The molecule has 3 N–H and O–H groups in total. The number of aryl methyl sites for hydroxylation is 2. The van der Waals surface area contributed by atoms with Crippen LogP contribution in [0.4, 0.5) is 8.78 Å². The van der Waals surface area contributed by atoms with Gasteiger partial charge in [0.25, 0.3) is 0 Å². The van der Waals surface area contributed by atoms with Crippen molar-refractivity contribution in [2.75, 3.05) is 6.54 Å². The van der Waals surface area contributed by atoms with Crippen molar-refractivity contribution in [3.05, 3.63) is 113 Å². The minimum atomic E-state index is -1.04. The Hall–Kier alpha value is -3.60. The van der Waals surface area contributed by atoms with Crippen molar-refractivity contribution in [2.24, 2.45) is 7.05 Å². The maximum Gasteiger partial charge on any atom is 0.238 e. The van der Waals surface area contributed by atoms with E-state index in [0.29, 0.717) is 17.3 Å². The van der Waals surface area contributed by atoms with Crippen molar-refractivity contribution in [1.29, 1.82) is 0 Å². The average Bonchev–Trinajstić information content (AvgIpc) is 3.35. The highest BCUT2D eigenvalue weighted by atomic mass is 32.2. The molecule has 0 saturated carbocycles. The zero-order valence-electron chi connectivity index (χ0n) is 22.4. The van der Waals surface area contributed by atoms with Crippen LogP contribution in [0, 0.1) is 11.6 Å². The number of thioether (sulfide) groups is 1. The molecule has 0 bridgehead atoms. The molecule has 0 aliphatic carbocycles. The molecule has 1 heterocycles. The third kappa shape index (κ3) is 8.20. The third-order valence-corrected chi connectivity index (χ3v) is 7.79. The summed E-state index contributed by atoms with van der Waals surface area (Å²) in [6.45, 7) is 2.77. The Kier molecular flexibility index (Phi) is 10.4. The zero-order valence-corrected chi connectivity index (χ0v) is 23.2. The fourth-order valence-corrected chi connectivity index (χ4v) is 5.36. The number of carbonyl (C=O) groups is 1. The van der Waals surface area contributed by atoms with E-state index in [-0.39, 0.29) is 18.9 Å². The molecule has 0 fully saturated rings. The van der Waals surface area contributed by atoms with Gasteiger partial charge in [0, 0.05) is 26.2 Å². The van der Waals surface area contributed by atoms with Crippen molar-refractivity contribution in [1.82, 2.24) is 25.4 Å². The van der Waals surface area contributed by atoms with Gasteiger partial charge in [-0.3, -0.25) is 4.79 Å². The fourth-order valence-electron chi connectivity index (χ4n) is 4.38. The van der Waals surface area contributed by atoms with E-state index in [1.165, 1.54) is 29.5 Å². The van der Waals surface area contributed by atoms with Gasteiger partial charge in [0.1, 0.15) is 23.2 Å². The molecular formula is C30H33F2N5O2S. The number of nitrogens with zero attached hydrogens (tertiary/aromatic N) is 3. The van der Waals surface area contributed by atoms with Gasteiger partial charge in [0.2, 0.25) is 5.91 Å². The van der Waals surface area contributed by atoms with E-state index >= 15 is 0 Å². The number of hydrogen-bond donors (Lipinski definition) is 3. The predicted octanol–water partition coefficient (Wildman–Crippen LogP) is 4.37. The van der Waals surface area contributed by atoms with Crippen molar-refractivity contribution in [3.63, 3.8) is 0 Å². The smallest absolute Gasteiger partial charge is 0.238 e. The number of aliphatic hydroxyl groups is 1. The van der Waals surface area contributed by atoms with Gasteiger partial charge in [-0.1, -0.05) is 73.3 Å². The maximum atomic E-state index is 14.0. The average molecular weight is 566 g/mol. The zero-order chi connectivity index (χ0) is 28.5. The quantitative estimate of drug-likeness (QED) is 0.209. The predicted molar refractivity (Wildman–Crippen MR) is 152 cm³/mol. The fraction of sp³-hybridized carbons (Fsp3) is 0.300. The number of rotatable bonds is 13. The van der Waals surface area contributed by atoms with Crippen LogP contribution in [0.15, 0.2) is 84.3 Å². The summed E-state index contributed by atoms with van der Waals surface area (Å²) in [5.74, 6) is -1.80. The van der Waals surface area contributed by atoms with Gasteiger partial charge in [-0.2, -0.15) is 0 Å². The lowest BCUT2D eigenvalue weighted by Gasteiger charge is -2.27. The molecule has 0 saturated heterocycles. The van der Waals surface area contributed by atoms with Crippen LogP contribution in [0.5, 0.6) is 0 Å². The van der Waals surface area contributed by atoms with Crippen molar-refractivity contribution in [2.45, 2.75) is 48.9 Å². The molecule has 10 heteroatoms. The van der Waals surface area contributed by atoms with Crippen LogP contribution in [0.2, 0.25) is 0 Å². The van der Waals surface area contributed by atoms with E-state index in [9.17, 15) is 18.7 Å². The Balaban J connectivity index is 1.53. The van der Waals surface area contributed by atoms with E-state index < -0.39 is 29.0 Å². The number of amides is 1. The molecule has 1 aromatic heterocycles. The Labute approximate surface area is 237 Å². The molecule has 0 spiro atoms. The lowest BCUT2D eigenvalue weighted by atomic mass is 10.00. The number of carbonyl (C=O) groups excluding carboxylic acids is 1. The normalized spacial score (nSPS) is 13.5. The first kappa shape index (κ1) is 29.4. The number of aromatic nitrogens is 3. The Morgan fingerprint density at radius 1 is 1.00 bits per heavy atom. The van der Waals surface area contributed by atoms with Gasteiger partial charge < -0.3 is 20.3 Å². The van der Waals surface area contributed by atoms with Gasteiger partial charge >= 0.3 is 0 Å². The SMILES string of the molecule is CCc1cccc(CNC[C@@H](O)[C@@H](Cc2cc(F)cc(F)c2)NC(=O)C(Sc2nncn2C)c2ccccc2)c1. The van der Waals surface area contributed by atoms with Crippen LogP contribution in [-0.2, 0) is 31.2 Å². The standard InChI is InChI=1S/C30H33F2N5O2S/c1-3-20-8-7-9-21(12-20)17-33-18-27(38)26(15-22-13-24(31)16-25(32)14-22)35-29(39)28(23-10-5-4-6-11-23)40-30-36-34-19-37(30)2/h4-14,16,19,26-28,33,38H,3,15,17-18H2,1-2H3,(H,35,39)/t26-,27-,28?/m1/s1. The van der Waals surface area contributed by atoms with Crippen LogP contribution < -0.4 is 10.6 Å². The molecule has 3 atom stereocenters.